The van der Waals surface area contributed by atoms with Gasteiger partial charge < -0.3 is 4.42 Å². The highest BCUT2D eigenvalue weighted by molar-refractivity contribution is 6.13. The number of fused-ring (bicyclic) bond motifs is 5. The van der Waals surface area contributed by atoms with Gasteiger partial charge in [0.2, 0.25) is 0 Å². The van der Waals surface area contributed by atoms with E-state index in [1.54, 1.807) is 0 Å². The lowest BCUT2D eigenvalue weighted by molar-refractivity contribution is 0.669. The minimum absolute atomic E-state index is 0.606. The van der Waals surface area contributed by atoms with Crippen LogP contribution in [0.3, 0.4) is 0 Å². The van der Waals surface area contributed by atoms with Crippen molar-refractivity contribution < 1.29 is 4.42 Å². The Morgan fingerprint density at radius 1 is 0.431 bits per heavy atom. The summed E-state index contributed by atoms with van der Waals surface area (Å²) in [5.41, 5.74) is 11.8. The molecule has 0 amide bonds. The molecule has 0 saturated carbocycles. The molecule has 0 fully saturated rings. The number of furan rings is 1. The van der Waals surface area contributed by atoms with Crippen molar-refractivity contribution in [2.45, 2.75) is 12.8 Å². The van der Waals surface area contributed by atoms with Gasteiger partial charge in [-0.1, -0.05) is 140 Å². The Labute approximate surface area is 295 Å². The van der Waals surface area contributed by atoms with E-state index in [0.717, 1.165) is 67.8 Å². The molecular formula is C47H31N3O. The zero-order chi connectivity index (χ0) is 33.7. The summed E-state index contributed by atoms with van der Waals surface area (Å²) in [6.07, 6.45) is 6.63. The predicted octanol–water partition coefficient (Wildman–Crippen LogP) is 12.2. The first-order valence-electron chi connectivity index (χ1n) is 17.4. The molecule has 0 unspecified atom stereocenters. The van der Waals surface area contributed by atoms with E-state index < -0.39 is 0 Å². The fourth-order valence-corrected chi connectivity index (χ4v) is 7.50. The van der Waals surface area contributed by atoms with Gasteiger partial charge in [-0.25, -0.2) is 15.0 Å². The van der Waals surface area contributed by atoms with Gasteiger partial charge in [-0.3, -0.25) is 0 Å². The van der Waals surface area contributed by atoms with E-state index in [1.807, 2.05) is 48.5 Å². The average molecular weight is 654 g/mol. The van der Waals surface area contributed by atoms with E-state index in [0.29, 0.717) is 17.5 Å². The van der Waals surface area contributed by atoms with Crippen LogP contribution in [0.2, 0.25) is 0 Å². The minimum atomic E-state index is 0.606. The largest absolute Gasteiger partial charge is 0.456 e. The molecule has 10 rings (SSSR count). The van der Waals surface area contributed by atoms with E-state index in [2.05, 4.69) is 115 Å². The Morgan fingerprint density at radius 3 is 1.92 bits per heavy atom. The lowest BCUT2D eigenvalue weighted by atomic mass is 9.92. The van der Waals surface area contributed by atoms with Crippen molar-refractivity contribution in [3.8, 4) is 56.4 Å². The van der Waals surface area contributed by atoms with Crippen LogP contribution in [0, 0.1) is 0 Å². The first-order chi connectivity index (χ1) is 25.3. The molecular weight excluding hydrogens is 623 g/mol. The predicted molar refractivity (Wildman–Crippen MR) is 209 cm³/mol. The Bertz CT molecular complexity index is 2800. The smallest absolute Gasteiger partial charge is 0.164 e. The van der Waals surface area contributed by atoms with Gasteiger partial charge in [0.15, 0.2) is 17.5 Å². The summed E-state index contributed by atoms with van der Waals surface area (Å²) in [5.74, 6) is 1.86. The highest BCUT2D eigenvalue weighted by Gasteiger charge is 2.20. The highest BCUT2D eigenvalue weighted by Crippen LogP contribution is 2.40. The molecule has 51 heavy (non-hydrogen) atoms. The van der Waals surface area contributed by atoms with Gasteiger partial charge >= 0.3 is 0 Å². The summed E-state index contributed by atoms with van der Waals surface area (Å²) >= 11 is 0. The van der Waals surface area contributed by atoms with Gasteiger partial charge in [-0.2, -0.15) is 0 Å². The summed E-state index contributed by atoms with van der Waals surface area (Å²) in [6.45, 7) is 0. The third-order valence-corrected chi connectivity index (χ3v) is 10.0. The summed E-state index contributed by atoms with van der Waals surface area (Å²) < 4.78 is 6.46. The Hall–Kier alpha value is -6.65. The molecule has 9 aromatic rings. The Balaban J connectivity index is 1.18. The van der Waals surface area contributed by atoms with Crippen LogP contribution in [0.25, 0.3) is 95.2 Å². The molecule has 7 aromatic carbocycles. The second kappa shape index (κ2) is 12.0. The van der Waals surface area contributed by atoms with Gasteiger partial charge in [0.25, 0.3) is 0 Å². The summed E-state index contributed by atoms with van der Waals surface area (Å²) in [4.78, 5) is 15.5. The molecule has 0 N–H and O–H groups in total. The number of aromatic nitrogens is 3. The van der Waals surface area contributed by atoms with Gasteiger partial charge in [-0.05, 0) is 81.3 Å². The number of hydrogen-bond acceptors (Lipinski definition) is 4. The number of benzene rings is 7. The van der Waals surface area contributed by atoms with Crippen LogP contribution in [0.4, 0.5) is 0 Å². The van der Waals surface area contributed by atoms with Crippen molar-refractivity contribution in [3.63, 3.8) is 0 Å². The topological polar surface area (TPSA) is 51.8 Å². The van der Waals surface area contributed by atoms with Crippen LogP contribution in [0.1, 0.15) is 17.5 Å². The van der Waals surface area contributed by atoms with Crippen LogP contribution in [-0.2, 0) is 6.42 Å². The first-order valence-corrected chi connectivity index (χ1v) is 17.4. The zero-order valence-electron chi connectivity index (χ0n) is 27.8. The van der Waals surface area contributed by atoms with Crippen molar-refractivity contribution in [2.75, 3.05) is 0 Å². The van der Waals surface area contributed by atoms with Crippen LogP contribution < -0.4 is 0 Å². The van der Waals surface area contributed by atoms with Gasteiger partial charge in [0.1, 0.15) is 11.2 Å². The number of aryl methyl sites for hydroxylation is 1. The Kier molecular flexibility index (Phi) is 6.91. The fourth-order valence-electron chi connectivity index (χ4n) is 7.50. The molecule has 4 nitrogen and oxygen atoms in total. The second-order valence-corrected chi connectivity index (χ2v) is 13.1. The molecule has 2 heterocycles. The standard InChI is InChI=1S/C47H31N3O/c1-3-13-31(14-4-1)36-25-26-39(38-19-10-9-18-37(36)38)46-48-45(32-15-5-2-6-16-32)49-47(50-46)40-20-11-21-43-44(40)41-29-35(24-27-42(41)51-43)34-23-22-30-12-7-8-17-33(30)28-34/h1-7,9-16,18-29H,8,17H2. The van der Waals surface area contributed by atoms with E-state index in [4.69, 9.17) is 19.4 Å². The third kappa shape index (κ3) is 5.12. The number of nitrogens with zero attached hydrogens (tertiary/aromatic N) is 3. The summed E-state index contributed by atoms with van der Waals surface area (Å²) in [6, 6.07) is 52.9. The molecule has 0 bridgehead atoms. The fraction of sp³-hybridized carbons (Fsp3) is 0.0426. The van der Waals surface area contributed by atoms with E-state index in [1.165, 1.54) is 27.8 Å². The van der Waals surface area contributed by atoms with Crippen molar-refractivity contribution in [1.82, 2.24) is 15.0 Å². The Morgan fingerprint density at radius 2 is 1.10 bits per heavy atom. The van der Waals surface area contributed by atoms with Crippen molar-refractivity contribution in [1.29, 1.82) is 0 Å². The first kappa shape index (κ1) is 29.3. The summed E-state index contributed by atoms with van der Waals surface area (Å²) in [7, 11) is 0. The normalized spacial score (nSPS) is 12.5. The average Bonchev–Trinajstić information content (AvgIpc) is 3.59. The number of allylic oxidation sites excluding steroid dienone is 1. The maximum atomic E-state index is 6.46. The molecule has 0 saturated heterocycles. The molecule has 1 aliphatic carbocycles. The summed E-state index contributed by atoms with van der Waals surface area (Å²) in [5, 5.41) is 4.28. The molecule has 0 aliphatic heterocycles. The SMILES string of the molecule is C1=Cc2ccc(-c3ccc4oc5cccc(-c6nc(-c7ccccc7)nc(-c7ccc(-c8ccccc8)c8ccccc78)n6)c5c4c3)cc2CC1. The van der Waals surface area contributed by atoms with E-state index in [9.17, 15) is 0 Å². The maximum absolute atomic E-state index is 6.46. The molecule has 0 spiro atoms. The minimum Gasteiger partial charge on any atom is -0.456 e. The molecule has 1 aliphatic rings. The lowest BCUT2D eigenvalue weighted by Crippen LogP contribution is -2.01. The molecule has 0 radical (unpaired) electrons. The monoisotopic (exact) mass is 653 g/mol. The quantitative estimate of drug-likeness (QED) is 0.185. The van der Waals surface area contributed by atoms with Crippen molar-refractivity contribution in [2.24, 2.45) is 0 Å². The molecule has 240 valence electrons. The lowest BCUT2D eigenvalue weighted by Gasteiger charge is -2.13. The second-order valence-electron chi connectivity index (χ2n) is 13.1. The third-order valence-electron chi connectivity index (χ3n) is 10.0. The highest BCUT2D eigenvalue weighted by atomic mass is 16.3. The van der Waals surface area contributed by atoms with Crippen LogP contribution in [-0.4, -0.2) is 15.0 Å². The maximum Gasteiger partial charge on any atom is 0.164 e. The van der Waals surface area contributed by atoms with E-state index >= 15 is 0 Å². The number of rotatable bonds is 5. The molecule has 0 atom stereocenters. The van der Waals surface area contributed by atoms with Crippen LogP contribution >= 0.6 is 0 Å². The van der Waals surface area contributed by atoms with Gasteiger partial charge in [-0.15, -0.1) is 0 Å². The van der Waals surface area contributed by atoms with Gasteiger partial charge in [0.05, 0.1) is 0 Å². The van der Waals surface area contributed by atoms with E-state index in [-0.39, 0.29) is 0 Å². The number of hydrogen-bond donors (Lipinski definition) is 0. The van der Waals surface area contributed by atoms with Crippen LogP contribution in [0.5, 0.6) is 0 Å². The van der Waals surface area contributed by atoms with Crippen molar-refractivity contribution in [3.05, 3.63) is 169 Å². The van der Waals surface area contributed by atoms with Crippen molar-refractivity contribution >= 4 is 38.8 Å². The zero-order valence-corrected chi connectivity index (χ0v) is 27.8. The van der Waals surface area contributed by atoms with Gasteiger partial charge in [0, 0.05) is 27.5 Å². The molecule has 4 heteroatoms. The van der Waals surface area contributed by atoms with Crippen LogP contribution in [0.15, 0.2) is 162 Å². The molecule has 2 aromatic heterocycles.